The Hall–Kier alpha value is -2.14. The maximum Gasteiger partial charge on any atom is 0.335 e. The van der Waals surface area contributed by atoms with E-state index in [1.54, 1.807) is 18.2 Å². The molecule has 1 heterocycles. The zero-order chi connectivity index (χ0) is 14.0. The molecule has 0 amide bonds. The fraction of sp³-hybridized carbons (Fsp3) is 0.214. The minimum Gasteiger partial charge on any atom is -0.478 e. The van der Waals surface area contributed by atoms with Crippen LogP contribution in [-0.2, 0) is 0 Å². The number of nitrogens with zero attached hydrogens (tertiary/aromatic N) is 2. The van der Waals surface area contributed by atoms with Gasteiger partial charge >= 0.3 is 5.97 Å². The molecule has 0 bridgehead atoms. The van der Waals surface area contributed by atoms with Gasteiger partial charge in [0.2, 0.25) is 0 Å². The van der Waals surface area contributed by atoms with Crippen molar-refractivity contribution in [3.05, 3.63) is 46.9 Å². The van der Waals surface area contributed by atoms with Crippen LogP contribution in [0.15, 0.2) is 24.3 Å². The highest BCUT2D eigenvalue weighted by molar-refractivity contribution is 5.89. The lowest BCUT2D eigenvalue weighted by atomic mass is 10.1. The molecule has 0 radical (unpaired) electrons. The number of carboxylic acids is 1. The van der Waals surface area contributed by atoms with E-state index in [4.69, 9.17) is 5.11 Å². The molecule has 0 saturated carbocycles. The second-order valence-corrected chi connectivity index (χ2v) is 4.40. The molecule has 1 aromatic carbocycles. The molecular weight excluding hydrogens is 278 g/mol. The van der Waals surface area contributed by atoms with E-state index in [-0.39, 0.29) is 18.0 Å². The van der Waals surface area contributed by atoms with Gasteiger partial charge in [0.05, 0.1) is 5.56 Å². The van der Waals surface area contributed by atoms with Crippen LogP contribution in [0.2, 0.25) is 0 Å². The van der Waals surface area contributed by atoms with Crippen molar-refractivity contribution in [2.24, 2.45) is 0 Å². The SMILES string of the molecule is Cc1cc(Nc2cc(C(=O)O)ccc2C)nc(C)n1.Cl. The van der Waals surface area contributed by atoms with Crippen molar-refractivity contribution in [3.8, 4) is 0 Å². The normalized spacial score (nSPS) is 9.75. The van der Waals surface area contributed by atoms with Crippen molar-refractivity contribution < 1.29 is 9.90 Å². The predicted octanol–water partition coefficient (Wildman–Crippen LogP) is 3.27. The monoisotopic (exact) mass is 293 g/mol. The highest BCUT2D eigenvalue weighted by atomic mass is 35.5. The number of carboxylic acid groups (broad SMARTS) is 1. The molecule has 0 saturated heterocycles. The topological polar surface area (TPSA) is 75.1 Å². The van der Waals surface area contributed by atoms with E-state index in [9.17, 15) is 4.79 Å². The number of benzene rings is 1. The van der Waals surface area contributed by atoms with Gasteiger partial charge in [0.25, 0.3) is 0 Å². The number of hydrogen-bond acceptors (Lipinski definition) is 4. The molecule has 1 aromatic heterocycles. The summed E-state index contributed by atoms with van der Waals surface area (Å²) in [6.07, 6.45) is 0. The molecule has 0 spiro atoms. The molecule has 2 rings (SSSR count). The maximum atomic E-state index is 11.0. The third-order valence-electron chi connectivity index (χ3n) is 2.71. The molecule has 0 aliphatic carbocycles. The van der Waals surface area contributed by atoms with Crippen LogP contribution in [0.3, 0.4) is 0 Å². The van der Waals surface area contributed by atoms with E-state index in [0.29, 0.717) is 11.6 Å². The third kappa shape index (κ3) is 3.68. The zero-order valence-electron chi connectivity index (χ0n) is 11.5. The summed E-state index contributed by atoms with van der Waals surface area (Å²) >= 11 is 0. The number of anilines is 2. The lowest BCUT2D eigenvalue weighted by Crippen LogP contribution is -2.02. The van der Waals surface area contributed by atoms with E-state index < -0.39 is 5.97 Å². The van der Waals surface area contributed by atoms with Crippen LogP contribution in [0.25, 0.3) is 0 Å². The molecule has 0 aliphatic rings. The Morgan fingerprint density at radius 1 is 1.15 bits per heavy atom. The molecule has 6 heteroatoms. The molecule has 0 unspecified atom stereocenters. The Morgan fingerprint density at radius 2 is 1.85 bits per heavy atom. The Kier molecular flexibility index (Phi) is 5.05. The van der Waals surface area contributed by atoms with Gasteiger partial charge in [-0.2, -0.15) is 0 Å². The Morgan fingerprint density at radius 3 is 2.45 bits per heavy atom. The largest absolute Gasteiger partial charge is 0.478 e. The Labute approximate surface area is 123 Å². The number of aromatic carboxylic acids is 1. The first-order chi connectivity index (χ1) is 8.95. The zero-order valence-corrected chi connectivity index (χ0v) is 12.3. The summed E-state index contributed by atoms with van der Waals surface area (Å²) in [5, 5.41) is 12.1. The van der Waals surface area contributed by atoms with Crippen LogP contribution in [0.4, 0.5) is 11.5 Å². The molecular formula is C14H16ClN3O2. The number of aromatic nitrogens is 2. The molecule has 0 aliphatic heterocycles. The average Bonchev–Trinajstić information content (AvgIpc) is 2.30. The van der Waals surface area contributed by atoms with E-state index >= 15 is 0 Å². The molecule has 0 atom stereocenters. The number of nitrogens with one attached hydrogen (secondary N) is 1. The summed E-state index contributed by atoms with van der Waals surface area (Å²) in [6, 6.07) is 6.77. The van der Waals surface area contributed by atoms with Crippen molar-refractivity contribution in [2.45, 2.75) is 20.8 Å². The first-order valence-electron chi connectivity index (χ1n) is 5.89. The van der Waals surface area contributed by atoms with Gasteiger partial charge in [0.1, 0.15) is 11.6 Å². The predicted molar refractivity (Wildman–Crippen MR) is 80.2 cm³/mol. The number of rotatable bonds is 3. The van der Waals surface area contributed by atoms with Crippen LogP contribution in [0.1, 0.15) is 27.4 Å². The lowest BCUT2D eigenvalue weighted by molar-refractivity contribution is 0.0697. The number of aryl methyl sites for hydroxylation is 3. The van der Waals surface area contributed by atoms with Crippen molar-refractivity contribution in [3.63, 3.8) is 0 Å². The molecule has 106 valence electrons. The molecule has 5 nitrogen and oxygen atoms in total. The van der Waals surface area contributed by atoms with E-state index in [2.05, 4.69) is 15.3 Å². The van der Waals surface area contributed by atoms with Gasteiger partial charge in [-0.3, -0.25) is 0 Å². The van der Waals surface area contributed by atoms with E-state index in [1.165, 1.54) is 0 Å². The maximum absolute atomic E-state index is 11.0. The minimum absolute atomic E-state index is 0. The summed E-state index contributed by atoms with van der Waals surface area (Å²) in [6.45, 7) is 5.62. The van der Waals surface area contributed by atoms with Gasteiger partial charge in [-0.15, -0.1) is 12.4 Å². The Balaban J connectivity index is 0.00000200. The minimum atomic E-state index is -0.946. The smallest absolute Gasteiger partial charge is 0.335 e. The average molecular weight is 294 g/mol. The molecule has 0 fully saturated rings. The fourth-order valence-corrected chi connectivity index (χ4v) is 1.81. The van der Waals surface area contributed by atoms with Crippen LogP contribution in [0.5, 0.6) is 0 Å². The summed E-state index contributed by atoms with van der Waals surface area (Å²) in [5.41, 5.74) is 2.80. The van der Waals surface area contributed by atoms with Gasteiger partial charge < -0.3 is 10.4 Å². The van der Waals surface area contributed by atoms with Crippen LogP contribution < -0.4 is 5.32 Å². The first kappa shape index (κ1) is 15.9. The highest BCUT2D eigenvalue weighted by Gasteiger charge is 2.07. The molecule has 2 N–H and O–H groups in total. The van der Waals surface area contributed by atoms with E-state index in [1.807, 2.05) is 26.8 Å². The summed E-state index contributed by atoms with van der Waals surface area (Å²) < 4.78 is 0. The van der Waals surface area contributed by atoms with Crippen molar-refractivity contribution in [1.82, 2.24) is 9.97 Å². The van der Waals surface area contributed by atoms with Crippen LogP contribution in [0, 0.1) is 20.8 Å². The standard InChI is InChI=1S/C14H15N3O2.ClH/c1-8-4-5-11(14(18)19)7-12(8)17-13-6-9(2)15-10(3)16-13;/h4-7H,1-3H3,(H,18,19)(H,15,16,17);1H. The second kappa shape index (κ2) is 6.34. The first-order valence-corrected chi connectivity index (χ1v) is 5.89. The van der Waals surface area contributed by atoms with Gasteiger partial charge in [-0.25, -0.2) is 14.8 Å². The molecule has 20 heavy (non-hydrogen) atoms. The lowest BCUT2D eigenvalue weighted by Gasteiger charge is -2.10. The van der Waals surface area contributed by atoms with Crippen LogP contribution in [-0.4, -0.2) is 21.0 Å². The van der Waals surface area contributed by atoms with E-state index in [0.717, 1.165) is 16.9 Å². The van der Waals surface area contributed by atoms with Crippen molar-refractivity contribution in [2.75, 3.05) is 5.32 Å². The third-order valence-corrected chi connectivity index (χ3v) is 2.71. The van der Waals surface area contributed by atoms with Gasteiger partial charge in [0, 0.05) is 17.4 Å². The summed E-state index contributed by atoms with van der Waals surface area (Å²) in [7, 11) is 0. The fourth-order valence-electron chi connectivity index (χ4n) is 1.81. The second-order valence-electron chi connectivity index (χ2n) is 4.40. The van der Waals surface area contributed by atoms with Crippen molar-refractivity contribution >= 4 is 29.9 Å². The number of hydrogen-bond donors (Lipinski definition) is 2. The van der Waals surface area contributed by atoms with Gasteiger partial charge in [-0.1, -0.05) is 6.07 Å². The number of halogens is 1. The van der Waals surface area contributed by atoms with Crippen molar-refractivity contribution in [1.29, 1.82) is 0 Å². The van der Waals surface area contributed by atoms with Gasteiger partial charge in [-0.05, 0) is 38.5 Å². The number of carbonyl (C=O) groups is 1. The molecule has 2 aromatic rings. The Bertz CT molecular complexity index is 624. The van der Waals surface area contributed by atoms with Crippen LogP contribution >= 0.6 is 12.4 Å². The highest BCUT2D eigenvalue weighted by Crippen LogP contribution is 2.21. The quantitative estimate of drug-likeness (QED) is 0.908. The summed E-state index contributed by atoms with van der Waals surface area (Å²) in [4.78, 5) is 19.4. The van der Waals surface area contributed by atoms with Gasteiger partial charge in [0.15, 0.2) is 0 Å². The summed E-state index contributed by atoms with van der Waals surface area (Å²) in [5.74, 6) is 0.392.